The van der Waals surface area contributed by atoms with Crippen LogP contribution in [-0.4, -0.2) is 30.9 Å². The van der Waals surface area contributed by atoms with Crippen LogP contribution in [0.5, 0.6) is 17.2 Å². The maximum Gasteiger partial charge on any atom is 0.277 e. The molecular formula is C18H20N2O4. The summed E-state index contributed by atoms with van der Waals surface area (Å²) < 4.78 is 10.5. The molecule has 0 atom stereocenters. The van der Waals surface area contributed by atoms with E-state index in [0.717, 1.165) is 11.1 Å². The quantitative estimate of drug-likeness (QED) is 0.631. The SMILES string of the molecule is COc1cccc(/C=N/NC(=O)COc2c(C)cccc2C)c1O. The van der Waals surface area contributed by atoms with E-state index in [4.69, 9.17) is 9.47 Å². The maximum absolute atomic E-state index is 11.8. The van der Waals surface area contributed by atoms with E-state index in [1.807, 2.05) is 32.0 Å². The Labute approximate surface area is 140 Å². The van der Waals surface area contributed by atoms with Gasteiger partial charge in [0.25, 0.3) is 5.91 Å². The number of rotatable bonds is 6. The van der Waals surface area contributed by atoms with Gasteiger partial charge in [0, 0.05) is 5.56 Å². The highest BCUT2D eigenvalue weighted by atomic mass is 16.5. The molecule has 0 spiro atoms. The van der Waals surface area contributed by atoms with Crippen molar-refractivity contribution in [2.24, 2.45) is 5.10 Å². The minimum atomic E-state index is -0.392. The van der Waals surface area contributed by atoms with Gasteiger partial charge in [-0.3, -0.25) is 4.79 Å². The molecule has 0 aliphatic heterocycles. The van der Waals surface area contributed by atoms with Crippen LogP contribution in [0.3, 0.4) is 0 Å². The molecule has 0 saturated heterocycles. The Morgan fingerprint density at radius 2 is 1.88 bits per heavy atom. The van der Waals surface area contributed by atoms with Gasteiger partial charge in [-0.1, -0.05) is 24.3 Å². The Balaban J connectivity index is 1.92. The number of hydrogen-bond donors (Lipinski definition) is 2. The van der Waals surface area contributed by atoms with Gasteiger partial charge in [0.15, 0.2) is 18.1 Å². The lowest BCUT2D eigenvalue weighted by molar-refractivity contribution is -0.123. The summed E-state index contributed by atoms with van der Waals surface area (Å²) in [4.78, 5) is 11.8. The van der Waals surface area contributed by atoms with Crippen molar-refractivity contribution in [3.8, 4) is 17.2 Å². The molecule has 0 fully saturated rings. The van der Waals surface area contributed by atoms with Crippen molar-refractivity contribution in [3.63, 3.8) is 0 Å². The lowest BCUT2D eigenvalue weighted by atomic mass is 10.1. The van der Waals surface area contributed by atoms with Gasteiger partial charge in [-0.25, -0.2) is 5.43 Å². The summed E-state index contributed by atoms with van der Waals surface area (Å²) in [5, 5.41) is 13.7. The second-order valence-corrected chi connectivity index (χ2v) is 5.20. The summed E-state index contributed by atoms with van der Waals surface area (Å²) in [6.07, 6.45) is 1.34. The van der Waals surface area contributed by atoms with Crippen LogP contribution in [0.4, 0.5) is 0 Å². The topological polar surface area (TPSA) is 80.2 Å². The first-order valence-electron chi connectivity index (χ1n) is 7.39. The molecule has 0 saturated carbocycles. The van der Waals surface area contributed by atoms with E-state index in [0.29, 0.717) is 17.1 Å². The first-order valence-corrected chi connectivity index (χ1v) is 7.39. The molecule has 0 aromatic heterocycles. The van der Waals surface area contributed by atoms with Crippen molar-refractivity contribution in [3.05, 3.63) is 53.1 Å². The molecule has 126 valence electrons. The molecule has 2 aromatic carbocycles. The molecule has 24 heavy (non-hydrogen) atoms. The average molecular weight is 328 g/mol. The van der Waals surface area contributed by atoms with Gasteiger partial charge in [-0.15, -0.1) is 0 Å². The second-order valence-electron chi connectivity index (χ2n) is 5.20. The monoisotopic (exact) mass is 328 g/mol. The number of aromatic hydroxyl groups is 1. The van der Waals surface area contributed by atoms with Crippen molar-refractivity contribution in [2.75, 3.05) is 13.7 Å². The van der Waals surface area contributed by atoms with Gasteiger partial charge >= 0.3 is 0 Å². The van der Waals surface area contributed by atoms with Crippen molar-refractivity contribution in [1.82, 2.24) is 5.43 Å². The highest BCUT2D eigenvalue weighted by molar-refractivity contribution is 5.86. The Hall–Kier alpha value is -3.02. The highest BCUT2D eigenvalue weighted by Crippen LogP contribution is 2.27. The van der Waals surface area contributed by atoms with Gasteiger partial charge in [-0.05, 0) is 37.1 Å². The zero-order valence-corrected chi connectivity index (χ0v) is 13.9. The molecule has 0 radical (unpaired) electrons. The van der Waals surface area contributed by atoms with E-state index < -0.39 is 5.91 Å². The van der Waals surface area contributed by atoms with Gasteiger partial charge in [0.05, 0.1) is 13.3 Å². The number of phenols is 1. The van der Waals surface area contributed by atoms with Crippen LogP contribution in [0, 0.1) is 13.8 Å². The van der Waals surface area contributed by atoms with E-state index in [9.17, 15) is 9.90 Å². The fraction of sp³-hybridized carbons (Fsp3) is 0.222. The summed E-state index contributed by atoms with van der Waals surface area (Å²) in [7, 11) is 1.46. The number of phenolic OH excluding ortho intramolecular Hbond substituents is 1. The molecule has 2 aromatic rings. The van der Waals surface area contributed by atoms with Crippen molar-refractivity contribution < 1.29 is 19.4 Å². The van der Waals surface area contributed by atoms with Crippen molar-refractivity contribution in [2.45, 2.75) is 13.8 Å². The number of benzene rings is 2. The number of nitrogens with one attached hydrogen (secondary N) is 1. The number of hydrogen-bond acceptors (Lipinski definition) is 5. The molecule has 2 N–H and O–H groups in total. The summed E-state index contributed by atoms with van der Waals surface area (Å²) >= 11 is 0. The molecule has 0 aliphatic rings. The van der Waals surface area contributed by atoms with Crippen LogP contribution >= 0.6 is 0 Å². The minimum absolute atomic E-state index is 0.0372. The lowest BCUT2D eigenvalue weighted by Gasteiger charge is -2.10. The second kappa shape index (κ2) is 8.01. The van der Waals surface area contributed by atoms with Crippen LogP contribution in [-0.2, 0) is 4.79 Å². The van der Waals surface area contributed by atoms with E-state index in [1.54, 1.807) is 18.2 Å². The Morgan fingerprint density at radius 3 is 2.54 bits per heavy atom. The van der Waals surface area contributed by atoms with E-state index in [2.05, 4.69) is 10.5 Å². The number of hydrazone groups is 1. The number of para-hydroxylation sites is 2. The Bertz CT molecular complexity index is 736. The third-order valence-corrected chi connectivity index (χ3v) is 3.40. The summed E-state index contributed by atoms with van der Waals surface area (Å²) in [5.74, 6) is 0.604. The van der Waals surface area contributed by atoms with Crippen LogP contribution in [0.25, 0.3) is 0 Å². The van der Waals surface area contributed by atoms with Gasteiger partial charge in [0.1, 0.15) is 5.75 Å². The number of aryl methyl sites for hydroxylation is 2. The van der Waals surface area contributed by atoms with E-state index in [-0.39, 0.29) is 12.4 Å². The fourth-order valence-corrected chi connectivity index (χ4v) is 2.18. The summed E-state index contributed by atoms with van der Waals surface area (Å²) in [5.41, 5.74) is 4.72. The van der Waals surface area contributed by atoms with Crippen molar-refractivity contribution in [1.29, 1.82) is 0 Å². The summed E-state index contributed by atoms with van der Waals surface area (Å²) in [6.45, 7) is 3.70. The normalized spacial score (nSPS) is 10.6. The van der Waals surface area contributed by atoms with Gasteiger partial charge in [0.2, 0.25) is 0 Å². The molecule has 2 rings (SSSR count). The maximum atomic E-state index is 11.8. The first kappa shape index (κ1) is 17.3. The van der Waals surface area contributed by atoms with Crippen LogP contribution in [0.1, 0.15) is 16.7 Å². The fourth-order valence-electron chi connectivity index (χ4n) is 2.18. The number of amides is 1. The summed E-state index contributed by atoms with van der Waals surface area (Å²) in [6, 6.07) is 10.8. The third kappa shape index (κ3) is 4.25. The molecule has 0 aliphatic carbocycles. The zero-order valence-electron chi connectivity index (χ0n) is 13.9. The van der Waals surface area contributed by atoms with Crippen molar-refractivity contribution >= 4 is 12.1 Å². The van der Waals surface area contributed by atoms with Gasteiger partial charge < -0.3 is 14.6 Å². The molecule has 0 heterocycles. The zero-order chi connectivity index (χ0) is 17.5. The molecular weight excluding hydrogens is 308 g/mol. The minimum Gasteiger partial charge on any atom is -0.504 e. The predicted octanol–water partition coefficient (Wildman–Crippen LogP) is 2.55. The Morgan fingerprint density at radius 1 is 1.21 bits per heavy atom. The average Bonchev–Trinajstić information content (AvgIpc) is 2.56. The highest BCUT2D eigenvalue weighted by Gasteiger charge is 2.07. The number of methoxy groups -OCH3 is 1. The first-order chi connectivity index (χ1) is 11.5. The van der Waals surface area contributed by atoms with E-state index in [1.165, 1.54) is 13.3 Å². The number of carbonyl (C=O) groups excluding carboxylic acids is 1. The molecule has 0 bridgehead atoms. The Kier molecular flexibility index (Phi) is 5.78. The largest absolute Gasteiger partial charge is 0.504 e. The molecule has 0 unspecified atom stereocenters. The van der Waals surface area contributed by atoms with E-state index >= 15 is 0 Å². The van der Waals surface area contributed by atoms with Crippen LogP contribution in [0.2, 0.25) is 0 Å². The van der Waals surface area contributed by atoms with Crippen LogP contribution < -0.4 is 14.9 Å². The van der Waals surface area contributed by atoms with Gasteiger partial charge in [-0.2, -0.15) is 5.10 Å². The smallest absolute Gasteiger partial charge is 0.277 e. The molecule has 1 amide bonds. The molecule has 6 heteroatoms. The lowest BCUT2D eigenvalue weighted by Crippen LogP contribution is -2.25. The number of carbonyl (C=O) groups is 1. The standard InChI is InChI=1S/C18H20N2O4/c1-12-6-4-7-13(2)18(12)24-11-16(21)20-19-10-14-8-5-9-15(23-3)17(14)22/h4-10,22H,11H2,1-3H3,(H,20,21)/b19-10+. The van der Waals surface area contributed by atoms with Crippen LogP contribution in [0.15, 0.2) is 41.5 Å². The molecule has 6 nitrogen and oxygen atoms in total. The third-order valence-electron chi connectivity index (χ3n) is 3.40. The number of ether oxygens (including phenoxy) is 2. The number of nitrogens with zero attached hydrogens (tertiary/aromatic N) is 1. The predicted molar refractivity (Wildman–Crippen MR) is 91.8 cm³/mol.